The smallest absolute Gasteiger partial charge is 0.324 e. The topological polar surface area (TPSA) is 63.3 Å². The Morgan fingerprint density at radius 2 is 2.40 bits per heavy atom. The molecule has 0 saturated heterocycles. The summed E-state index contributed by atoms with van der Waals surface area (Å²) < 4.78 is 0. The molecular weight excluding hydrogens is 130 g/mol. The Labute approximate surface area is 60.5 Å². The number of aliphatic carboxylic acids is 1. The molecule has 0 spiro atoms. The van der Waals surface area contributed by atoms with E-state index in [-0.39, 0.29) is 0 Å². The van der Waals surface area contributed by atoms with Crippen LogP contribution >= 0.6 is 0 Å². The van der Waals surface area contributed by atoms with Gasteiger partial charge in [-0.3, -0.25) is 4.79 Å². The molecule has 3 heteroatoms. The van der Waals surface area contributed by atoms with Gasteiger partial charge in [-0.2, -0.15) is 0 Å². The van der Waals surface area contributed by atoms with Gasteiger partial charge in [0, 0.05) is 0 Å². The normalized spacial score (nSPS) is 13.8. The van der Waals surface area contributed by atoms with Crippen LogP contribution in [0.2, 0.25) is 0 Å². The van der Waals surface area contributed by atoms with E-state index in [1.165, 1.54) is 6.08 Å². The van der Waals surface area contributed by atoms with E-state index in [2.05, 4.69) is 0 Å². The molecule has 0 heterocycles. The van der Waals surface area contributed by atoms with Crippen LogP contribution in [0.15, 0.2) is 12.2 Å². The fraction of sp³-hybridized carbons (Fsp3) is 0.571. The molecule has 0 saturated carbocycles. The van der Waals surface area contributed by atoms with Crippen LogP contribution in [0.25, 0.3) is 0 Å². The predicted octanol–water partition coefficient (Wildman–Crippen LogP) is 0.755. The summed E-state index contributed by atoms with van der Waals surface area (Å²) in [6, 6.07) is -0.841. The highest BCUT2D eigenvalue weighted by atomic mass is 16.4. The Balaban J connectivity index is 3.55. The van der Waals surface area contributed by atoms with Gasteiger partial charge in [0.15, 0.2) is 0 Å². The van der Waals surface area contributed by atoms with Gasteiger partial charge >= 0.3 is 5.97 Å². The Morgan fingerprint density at radius 3 is 2.80 bits per heavy atom. The predicted molar refractivity (Wildman–Crippen MR) is 39.7 cm³/mol. The summed E-state index contributed by atoms with van der Waals surface area (Å²) >= 11 is 0. The number of unbranched alkanes of at least 4 members (excludes halogenated alkanes) is 1. The SMILES string of the molecule is CCC/C=C/[C@@H](N)C(=O)O. The molecule has 0 aromatic heterocycles. The lowest BCUT2D eigenvalue weighted by atomic mass is 10.2. The van der Waals surface area contributed by atoms with Crippen LogP contribution in [0.5, 0.6) is 0 Å². The van der Waals surface area contributed by atoms with Crippen molar-refractivity contribution in [3.8, 4) is 0 Å². The molecule has 3 nitrogen and oxygen atoms in total. The van der Waals surface area contributed by atoms with Gasteiger partial charge in [-0.05, 0) is 6.42 Å². The van der Waals surface area contributed by atoms with E-state index < -0.39 is 12.0 Å². The van der Waals surface area contributed by atoms with Crippen molar-refractivity contribution >= 4 is 5.97 Å². The zero-order chi connectivity index (χ0) is 7.98. The number of carboxylic acid groups (broad SMARTS) is 1. The van der Waals surface area contributed by atoms with Crippen LogP contribution in [0.3, 0.4) is 0 Å². The van der Waals surface area contributed by atoms with Crippen molar-refractivity contribution in [2.24, 2.45) is 5.73 Å². The van der Waals surface area contributed by atoms with Gasteiger partial charge in [0.1, 0.15) is 6.04 Å². The van der Waals surface area contributed by atoms with Crippen molar-refractivity contribution in [1.82, 2.24) is 0 Å². The van der Waals surface area contributed by atoms with E-state index >= 15 is 0 Å². The van der Waals surface area contributed by atoms with Crippen LogP contribution in [-0.2, 0) is 4.79 Å². The van der Waals surface area contributed by atoms with Gasteiger partial charge in [-0.15, -0.1) is 0 Å². The lowest BCUT2D eigenvalue weighted by Gasteiger charge is -1.96. The van der Waals surface area contributed by atoms with Gasteiger partial charge in [0.25, 0.3) is 0 Å². The second-order valence-electron chi connectivity index (χ2n) is 2.08. The molecule has 0 aliphatic rings. The van der Waals surface area contributed by atoms with E-state index in [9.17, 15) is 4.79 Å². The molecule has 3 N–H and O–H groups in total. The number of hydrogen-bond acceptors (Lipinski definition) is 2. The molecule has 0 amide bonds. The van der Waals surface area contributed by atoms with Crippen molar-refractivity contribution in [3.63, 3.8) is 0 Å². The number of hydrogen-bond donors (Lipinski definition) is 2. The zero-order valence-corrected chi connectivity index (χ0v) is 6.08. The number of carbonyl (C=O) groups is 1. The number of nitrogens with two attached hydrogens (primary N) is 1. The van der Waals surface area contributed by atoms with Gasteiger partial charge in [-0.1, -0.05) is 25.5 Å². The quantitative estimate of drug-likeness (QED) is 0.571. The third-order valence-electron chi connectivity index (χ3n) is 1.08. The summed E-state index contributed by atoms with van der Waals surface area (Å²) in [6.07, 6.45) is 5.20. The first-order valence-corrected chi connectivity index (χ1v) is 3.33. The maximum atomic E-state index is 10.1. The summed E-state index contributed by atoms with van der Waals surface area (Å²) in [5, 5.41) is 8.31. The van der Waals surface area contributed by atoms with E-state index in [1.807, 2.05) is 6.92 Å². The fourth-order valence-electron chi connectivity index (χ4n) is 0.492. The molecule has 0 aliphatic carbocycles. The van der Waals surface area contributed by atoms with Crippen molar-refractivity contribution in [3.05, 3.63) is 12.2 Å². The van der Waals surface area contributed by atoms with E-state index in [0.717, 1.165) is 12.8 Å². The average molecular weight is 143 g/mol. The lowest BCUT2D eigenvalue weighted by Crippen LogP contribution is -2.27. The summed E-state index contributed by atoms with van der Waals surface area (Å²) in [6.45, 7) is 2.02. The van der Waals surface area contributed by atoms with Gasteiger partial charge in [0.2, 0.25) is 0 Å². The summed E-state index contributed by atoms with van der Waals surface area (Å²) in [4.78, 5) is 10.1. The van der Waals surface area contributed by atoms with Crippen molar-refractivity contribution in [2.75, 3.05) is 0 Å². The largest absolute Gasteiger partial charge is 0.480 e. The monoisotopic (exact) mass is 143 g/mol. The van der Waals surface area contributed by atoms with Crippen LogP contribution < -0.4 is 5.73 Å². The Kier molecular flexibility index (Phi) is 4.58. The maximum absolute atomic E-state index is 10.1. The van der Waals surface area contributed by atoms with E-state index in [0.29, 0.717) is 0 Å². The minimum Gasteiger partial charge on any atom is -0.480 e. The Hall–Kier alpha value is -0.830. The third kappa shape index (κ3) is 4.09. The van der Waals surface area contributed by atoms with Crippen LogP contribution in [0.1, 0.15) is 19.8 Å². The Bertz CT molecular complexity index is 132. The zero-order valence-electron chi connectivity index (χ0n) is 6.08. The highest BCUT2D eigenvalue weighted by Crippen LogP contribution is 1.90. The summed E-state index contributed by atoms with van der Waals surface area (Å²) in [7, 11) is 0. The molecule has 0 aliphatic heterocycles. The molecule has 0 aromatic carbocycles. The molecule has 58 valence electrons. The second kappa shape index (κ2) is 4.99. The molecule has 0 radical (unpaired) electrons. The maximum Gasteiger partial charge on any atom is 0.324 e. The molecule has 0 bridgehead atoms. The molecule has 0 aromatic rings. The molecule has 10 heavy (non-hydrogen) atoms. The third-order valence-corrected chi connectivity index (χ3v) is 1.08. The van der Waals surface area contributed by atoms with Gasteiger partial charge in [0.05, 0.1) is 0 Å². The van der Waals surface area contributed by atoms with Crippen LogP contribution in [-0.4, -0.2) is 17.1 Å². The van der Waals surface area contributed by atoms with E-state index in [4.69, 9.17) is 10.8 Å². The van der Waals surface area contributed by atoms with Gasteiger partial charge in [-0.25, -0.2) is 0 Å². The average Bonchev–Trinajstić information content (AvgIpc) is 1.88. The van der Waals surface area contributed by atoms with Crippen LogP contribution in [0.4, 0.5) is 0 Å². The molecule has 0 rings (SSSR count). The minimum atomic E-state index is -0.979. The summed E-state index contributed by atoms with van der Waals surface area (Å²) in [5.41, 5.74) is 5.17. The first-order valence-electron chi connectivity index (χ1n) is 3.33. The summed E-state index contributed by atoms with van der Waals surface area (Å²) in [5.74, 6) is -0.979. The van der Waals surface area contributed by atoms with Crippen LogP contribution in [0, 0.1) is 0 Å². The Morgan fingerprint density at radius 1 is 1.80 bits per heavy atom. The molecule has 0 fully saturated rings. The second-order valence-corrected chi connectivity index (χ2v) is 2.08. The lowest BCUT2D eigenvalue weighted by molar-refractivity contribution is -0.137. The highest BCUT2D eigenvalue weighted by molar-refractivity contribution is 5.75. The van der Waals surface area contributed by atoms with Gasteiger partial charge < -0.3 is 10.8 Å². The highest BCUT2D eigenvalue weighted by Gasteiger charge is 2.04. The standard InChI is InChI=1S/C7H13NO2/c1-2-3-4-5-6(8)7(9)10/h4-6H,2-3,8H2,1H3,(H,9,10)/b5-4+/t6-/m1/s1. The number of rotatable bonds is 4. The molecular formula is C7H13NO2. The van der Waals surface area contributed by atoms with Crippen molar-refractivity contribution < 1.29 is 9.90 Å². The fourth-order valence-corrected chi connectivity index (χ4v) is 0.492. The number of allylic oxidation sites excluding steroid dienone is 1. The van der Waals surface area contributed by atoms with Crippen molar-refractivity contribution in [2.45, 2.75) is 25.8 Å². The molecule has 0 unspecified atom stereocenters. The first kappa shape index (κ1) is 9.17. The molecule has 1 atom stereocenters. The minimum absolute atomic E-state index is 0.841. The van der Waals surface area contributed by atoms with Crippen molar-refractivity contribution in [1.29, 1.82) is 0 Å². The first-order chi connectivity index (χ1) is 4.68. The van der Waals surface area contributed by atoms with E-state index in [1.54, 1.807) is 6.08 Å². The number of carboxylic acids is 1.